The quantitative estimate of drug-likeness (QED) is 0.636. The molecule has 1 heterocycles. The Bertz CT molecular complexity index is 175. The Hall–Kier alpha value is -0.370. The molecule has 0 bridgehead atoms. The van der Waals surface area contributed by atoms with Crippen molar-refractivity contribution in [1.82, 2.24) is 0 Å². The van der Waals surface area contributed by atoms with E-state index in [0.29, 0.717) is 5.92 Å². The van der Waals surface area contributed by atoms with Crippen molar-refractivity contribution in [2.75, 3.05) is 0 Å². The molecule has 70 valence electrons. The van der Waals surface area contributed by atoms with E-state index < -0.39 is 0 Å². The second kappa shape index (κ2) is 4.04. The third-order valence-electron chi connectivity index (χ3n) is 2.18. The van der Waals surface area contributed by atoms with E-state index in [2.05, 4.69) is 32.7 Å². The van der Waals surface area contributed by atoms with Crippen molar-refractivity contribution in [1.29, 1.82) is 0 Å². The maximum atomic E-state index is 5.73. The second-order valence-electron chi connectivity index (χ2n) is 3.89. The maximum absolute atomic E-state index is 5.73. The molecule has 0 N–H and O–H groups in total. The minimum absolute atomic E-state index is 0.134. The second-order valence-corrected chi connectivity index (χ2v) is 3.89. The molecule has 0 radical (unpaired) electrons. The molecule has 0 saturated heterocycles. The molecule has 0 spiro atoms. The van der Waals surface area contributed by atoms with Crippen LogP contribution in [0, 0.1) is 5.92 Å². The number of ether oxygens (including phenoxy) is 1. The lowest BCUT2D eigenvalue weighted by atomic mass is 10.1. The van der Waals surface area contributed by atoms with Gasteiger partial charge < -0.3 is 4.74 Å². The van der Waals surface area contributed by atoms with Crippen LogP contribution in [0.5, 0.6) is 0 Å². The Balaban J connectivity index is 2.43. The zero-order valence-electron chi connectivity index (χ0n) is 8.50. The SMILES string of the molecule is CCC1OC(CC(C)C)N=C1C. The van der Waals surface area contributed by atoms with E-state index >= 15 is 0 Å². The van der Waals surface area contributed by atoms with E-state index in [1.807, 2.05) is 0 Å². The topological polar surface area (TPSA) is 21.6 Å². The van der Waals surface area contributed by atoms with Crippen molar-refractivity contribution in [2.24, 2.45) is 10.9 Å². The fourth-order valence-electron chi connectivity index (χ4n) is 1.53. The fraction of sp³-hybridized carbons (Fsp3) is 0.900. The number of hydrogen-bond acceptors (Lipinski definition) is 2. The van der Waals surface area contributed by atoms with Gasteiger partial charge in [-0.3, -0.25) is 4.99 Å². The van der Waals surface area contributed by atoms with Crippen LogP contribution in [0.2, 0.25) is 0 Å². The third kappa shape index (κ3) is 2.31. The zero-order chi connectivity index (χ0) is 9.14. The van der Waals surface area contributed by atoms with Gasteiger partial charge in [0.05, 0.1) is 6.10 Å². The molecule has 0 aromatic rings. The normalized spacial score (nSPS) is 29.6. The fourth-order valence-corrected chi connectivity index (χ4v) is 1.53. The van der Waals surface area contributed by atoms with E-state index in [4.69, 9.17) is 4.74 Å². The maximum Gasteiger partial charge on any atom is 0.149 e. The monoisotopic (exact) mass is 169 g/mol. The molecule has 2 unspecified atom stereocenters. The van der Waals surface area contributed by atoms with Gasteiger partial charge in [-0.05, 0) is 25.7 Å². The van der Waals surface area contributed by atoms with Crippen LogP contribution in [-0.2, 0) is 4.74 Å². The molecule has 0 fully saturated rings. The molecule has 0 aromatic heterocycles. The predicted octanol–water partition coefficient (Wildman–Crippen LogP) is 2.63. The van der Waals surface area contributed by atoms with Crippen LogP contribution in [0.1, 0.15) is 40.5 Å². The average molecular weight is 169 g/mol. The minimum Gasteiger partial charge on any atom is -0.347 e. The van der Waals surface area contributed by atoms with Gasteiger partial charge in [0.2, 0.25) is 0 Å². The molecule has 1 aliphatic heterocycles. The smallest absolute Gasteiger partial charge is 0.149 e. The molecule has 1 rings (SSSR count). The number of rotatable bonds is 3. The molecule has 12 heavy (non-hydrogen) atoms. The first-order chi connectivity index (χ1) is 5.63. The van der Waals surface area contributed by atoms with Gasteiger partial charge in [0.1, 0.15) is 6.23 Å². The van der Waals surface area contributed by atoms with Gasteiger partial charge in [0.25, 0.3) is 0 Å². The van der Waals surface area contributed by atoms with Crippen molar-refractivity contribution in [2.45, 2.75) is 52.9 Å². The molecule has 2 heteroatoms. The lowest BCUT2D eigenvalue weighted by Crippen LogP contribution is -2.17. The summed E-state index contributed by atoms with van der Waals surface area (Å²) >= 11 is 0. The van der Waals surface area contributed by atoms with E-state index in [-0.39, 0.29) is 12.3 Å². The standard InChI is InChI=1S/C10H19NO/c1-5-9-8(4)11-10(12-9)6-7(2)3/h7,9-10H,5-6H2,1-4H3. The summed E-state index contributed by atoms with van der Waals surface area (Å²) in [6.07, 6.45) is 2.52. The summed E-state index contributed by atoms with van der Waals surface area (Å²) in [6, 6.07) is 0. The Kier molecular flexibility index (Phi) is 3.27. The van der Waals surface area contributed by atoms with Crippen molar-refractivity contribution >= 4 is 5.71 Å². The van der Waals surface area contributed by atoms with Crippen LogP contribution >= 0.6 is 0 Å². The molecular weight excluding hydrogens is 150 g/mol. The Labute approximate surface area is 75.0 Å². The zero-order valence-corrected chi connectivity index (χ0v) is 8.50. The van der Waals surface area contributed by atoms with Crippen LogP contribution < -0.4 is 0 Å². The van der Waals surface area contributed by atoms with E-state index in [1.165, 1.54) is 5.71 Å². The Morgan fingerprint density at radius 2 is 2.17 bits per heavy atom. The van der Waals surface area contributed by atoms with Crippen molar-refractivity contribution in [3.05, 3.63) is 0 Å². The van der Waals surface area contributed by atoms with Gasteiger partial charge in [-0.25, -0.2) is 0 Å². The van der Waals surface area contributed by atoms with Gasteiger partial charge >= 0.3 is 0 Å². The van der Waals surface area contributed by atoms with Gasteiger partial charge in [-0.1, -0.05) is 20.8 Å². The summed E-state index contributed by atoms with van der Waals surface area (Å²) in [5.74, 6) is 0.669. The van der Waals surface area contributed by atoms with Gasteiger partial charge in [0, 0.05) is 5.71 Å². The van der Waals surface area contributed by atoms with Crippen LogP contribution in [-0.4, -0.2) is 18.0 Å². The van der Waals surface area contributed by atoms with Crippen LogP contribution in [0.4, 0.5) is 0 Å². The molecule has 2 atom stereocenters. The van der Waals surface area contributed by atoms with E-state index in [0.717, 1.165) is 12.8 Å². The van der Waals surface area contributed by atoms with Gasteiger partial charge in [-0.15, -0.1) is 0 Å². The van der Waals surface area contributed by atoms with Crippen LogP contribution in [0.25, 0.3) is 0 Å². The average Bonchev–Trinajstić information content (AvgIpc) is 2.29. The highest BCUT2D eigenvalue weighted by Crippen LogP contribution is 2.20. The van der Waals surface area contributed by atoms with Crippen molar-refractivity contribution in [3.63, 3.8) is 0 Å². The summed E-state index contributed by atoms with van der Waals surface area (Å²) in [7, 11) is 0. The minimum atomic E-state index is 0.134. The number of nitrogens with zero attached hydrogens (tertiary/aromatic N) is 1. The molecule has 0 saturated carbocycles. The van der Waals surface area contributed by atoms with Crippen molar-refractivity contribution < 1.29 is 4.74 Å². The number of hydrogen-bond donors (Lipinski definition) is 0. The van der Waals surface area contributed by atoms with Crippen molar-refractivity contribution in [3.8, 4) is 0 Å². The largest absolute Gasteiger partial charge is 0.347 e. The molecular formula is C10H19NO. The molecule has 0 aliphatic carbocycles. The molecule has 2 nitrogen and oxygen atoms in total. The first-order valence-electron chi connectivity index (χ1n) is 4.83. The first kappa shape index (κ1) is 9.72. The first-order valence-corrected chi connectivity index (χ1v) is 4.83. The highest BCUT2D eigenvalue weighted by molar-refractivity contribution is 5.87. The summed E-state index contributed by atoms with van der Waals surface area (Å²) < 4.78 is 5.73. The van der Waals surface area contributed by atoms with Crippen LogP contribution in [0.15, 0.2) is 4.99 Å². The lowest BCUT2D eigenvalue weighted by molar-refractivity contribution is 0.0362. The third-order valence-corrected chi connectivity index (χ3v) is 2.18. The van der Waals surface area contributed by atoms with E-state index in [9.17, 15) is 0 Å². The van der Waals surface area contributed by atoms with E-state index in [1.54, 1.807) is 0 Å². The Morgan fingerprint density at radius 1 is 1.50 bits per heavy atom. The summed E-state index contributed by atoms with van der Waals surface area (Å²) in [5.41, 5.74) is 1.17. The predicted molar refractivity (Wildman–Crippen MR) is 51.5 cm³/mol. The summed E-state index contributed by atoms with van der Waals surface area (Å²) in [4.78, 5) is 4.48. The molecule has 0 aromatic carbocycles. The lowest BCUT2D eigenvalue weighted by Gasteiger charge is -2.12. The Morgan fingerprint density at radius 3 is 2.58 bits per heavy atom. The van der Waals surface area contributed by atoms with Crippen LogP contribution in [0.3, 0.4) is 0 Å². The molecule has 1 aliphatic rings. The highest BCUT2D eigenvalue weighted by Gasteiger charge is 2.24. The summed E-state index contributed by atoms with van der Waals surface area (Å²) in [6.45, 7) is 8.61. The number of aliphatic imine (C=N–C) groups is 1. The highest BCUT2D eigenvalue weighted by atomic mass is 16.5. The van der Waals surface area contributed by atoms with Gasteiger partial charge in [0.15, 0.2) is 0 Å². The molecule has 0 amide bonds. The van der Waals surface area contributed by atoms with Gasteiger partial charge in [-0.2, -0.15) is 0 Å². The summed E-state index contributed by atoms with van der Waals surface area (Å²) in [5, 5.41) is 0.